The predicted molar refractivity (Wildman–Crippen MR) is 27.3 cm³/mol. The minimum Gasteiger partial charge on any atom is -0.490 e. The van der Waals surface area contributed by atoms with E-state index in [-0.39, 0.29) is 0 Å². The second-order valence-corrected chi connectivity index (χ2v) is 1.84. The van der Waals surface area contributed by atoms with Crippen molar-refractivity contribution < 1.29 is 35.5 Å². The van der Waals surface area contributed by atoms with E-state index in [4.69, 9.17) is 0 Å². The molecular formula is C5H3F7O. The summed E-state index contributed by atoms with van der Waals surface area (Å²) in [4.78, 5) is 0. The normalized spacial score (nSPS) is 15.4. The molecule has 0 aliphatic carbocycles. The summed E-state index contributed by atoms with van der Waals surface area (Å²) in [6.07, 6.45) is -11.2. The lowest BCUT2D eigenvalue weighted by molar-refractivity contribution is -0.152. The monoisotopic (exact) mass is 212 g/mol. The summed E-state index contributed by atoms with van der Waals surface area (Å²) < 4.78 is 84.2. The van der Waals surface area contributed by atoms with Gasteiger partial charge in [-0.25, -0.2) is 0 Å². The molecule has 0 N–H and O–H groups in total. The molecule has 0 radical (unpaired) electrons. The third kappa shape index (κ3) is 3.11. The standard InChI is InChI=1S/C5H3F7O/c1-13-3(5(10,11)12)2(6)4(7,8)9/h1H3/b3-2+. The highest BCUT2D eigenvalue weighted by atomic mass is 19.4. The van der Waals surface area contributed by atoms with Crippen LogP contribution in [0.5, 0.6) is 0 Å². The van der Waals surface area contributed by atoms with Gasteiger partial charge >= 0.3 is 12.4 Å². The number of alkyl halides is 6. The molecule has 0 amide bonds. The van der Waals surface area contributed by atoms with Gasteiger partial charge in [0.2, 0.25) is 5.76 Å². The summed E-state index contributed by atoms with van der Waals surface area (Å²) in [5, 5.41) is 0. The Morgan fingerprint density at radius 2 is 1.31 bits per heavy atom. The van der Waals surface area contributed by atoms with Crippen LogP contribution in [0.25, 0.3) is 0 Å². The van der Waals surface area contributed by atoms with Gasteiger partial charge in [-0.2, -0.15) is 30.7 Å². The number of allylic oxidation sites excluding steroid dienone is 2. The Balaban J connectivity index is 5.16. The Labute approximate surface area is 67.8 Å². The lowest BCUT2D eigenvalue weighted by atomic mass is 10.4. The highest BCUT2D eigenvalue weighted by Crippen LogP contribution is 2.36. The molecule has 0 fully saturated rings. The Kier molecular flexibility index (Phi) is 3.18. The second kappa shape index (κ2) is 3.43. The van der Waals surface area contributed by atoms with Crippen LogP contribution < -0.4 is 0 Å². The van der Waals surface area contributed by atoms with Gasteiger partial charge in [-0.1, -0.05) is 0 Å². The summed E-state index contributed by atoms with van der Waals surface area (Å²) >= 11 is 0. The van der Waals surface area contributed by atoms with Gasteiger partial charge in [0.25, 0.3) is 5.83 Å². The van der Waals surface area contributed by atoms with Gasteiger partial charge in [-0.05, 0) is 0 Å². The smallest absolute Gasteiger partial charge is 0.452 e. The number of ether oxygens (including phenoxy) is 1. The SMILES string of the molecule is CO/C(=C(/F)C(F)(F)F)C(F)(F)F. The topological polar surface area (TPSA) is 9.23 Å². The average Bonchev–Trinajstić information content (AvgIpc) is 1.83. The Hall–Kier alpha value is -0.950. The van der Waals surface area contributed by atoms with Gasteiger partial charge in [0.15, 0.2) is 0 Å². The summed E-state index contributed by atoms with van der Waals surface area (Å²) in [5.74, 6) is -5.97. The van der Waals surface area contributed by atoms with Crippen LogP contribution in [0.4, 0.5) is 30.7 Å². The van der Waals surface area contributed by atoms with Crippen molar-refractivity contribution in [2.24, 2.45) is 0 Å². The first-order valence-electron chi connectivity index (χ1n) is 2.69. The number of rotatable bonds is 1. The molecule has 78 valence electrons. The van der Waals surface area contributed by atoms with E-state index in [2.05, 4.69) is 4.74 Å². The van der Waals surface area contributed by atoms with E-state index in [0.29, 0.717) is 7.11 Å². The zero-order valence-electron chi connectivity index (χ0n) is 6.05. The van der Waals surface area contributed by atoms with E-state index in [1.807, 2.05) is 0 Å². The first-order chi connectivity index (χ1) is 5.60. The lowest BCUT2D eigenvalue weighted by Gasteiger charge is -2.12. The molecule has 8 heteroatoms. The maximum Gasteiger partial charge on any atom is 0.452 e. The van der Waals surface area contributed by atoms with E-state index in [1.165, 1.54) is 0 Å². The van der Waals surface area contributed by atoms with Crippen molar-refractivity contribution in [3.05, 3.63) is 11.6 Å². The summed E-state index contributed by atoms with van der Waals surface area (Å²) in [5.41, 5.74) is 0. The Morgan fingerprint density at radius 3 is 1.38 bits per heavy atom. The molecule has 0 aromatic carbocycles. The molecule has 0 aromatic rings. The number of hydrogen-bond acceptors (Lipinski definition) is 1. The van der Waals surface area contributed by atoms with Crippen LogP contribution in [0.15, 0.2) is 11.6 Å². The first kappa shape index (κ1) is 12.0. The average molecular weight is 212 g/mol. The quantitative estimate of drug-likeness (QED) is 0.479. The van der Waals surface area contributed by atoms with Gasteiger partial charge < -0.3 is 4.74 Å². The number of hydrogen-bond donors (Lipinski definition) is 0. The van der Waals surface area contributed by atoms with Crippen LogP contribution in [0, 0.1) is 0 Å². The molecule has 0 heterocycles. The van der Waals surface area contributed by atoms with Crippen LogP contribution in [0.3, 0.4) is 0 Å². The highest BCUT2D eigenvalue weighted by Gasteiger charge is 2.48. The summed E-state index contributed by atoms with van der Waals surface area (Å²) in [6, 6.07) is 0. The van der Waals surface area contributed by atoms with Gasteiger partial charge in [0, 0.05) is 0 Å². The molecular weight excluding hydrogens is 209 g/mol. The summed E-state index contributed by atoms with van der Waals surface area (Å²) in [6.45, 7) is 0. The molecule has 13 heavy (non-hydrogen) atoms. The molecule has 0 aliphatic rings. The fraction of sp³-hybridized carbons (Fsp3) is 0.600. The molecule has 0 saturated heterocycles. The van der Waals surface area contributed by atoms with Crippen LogP contribution >= 0.6 is 0 Å². The fourth-order valence-corrected chi connectivity index (χ4v) is 0.459. The second-order valence-electron chi connectivity index (χ2n) is 1.84. The van der Waals surface area contributed by atoms with Crippen molar-refractivity contribution in [2.75, 3.05) is 7.11 Å². The third-order valence-electron chi connectivity index (χ3n) is 0.910. The van der Waals surface area contributed by atoms with Gasteiger partial charge in [0.05, 0.1) is 7.11 Å². The predicted octanol–water partition coefficient (Wildman–Crippen LogP) is 2.94. The molecule has 0 spiro atoms. The zero-order chi connectivity index (χ0) is 10.9. The van der Waals surface area contributed by atoms with Crippen molar-refractivity contribution in [3.8, 4) is 0 Å². The molecule has 0 aromatic heterocycles. The molecule has 0 rings (SSSR count). The van der Waals surface area contributed by atoms with Crippen molar-refractivity contribution >= 4 is 0 Å². The fourth-order valence-electron chi connectivity index (χ4n) is 0.459. The van der Waals surface area contributed by atoms with Crippen molar-refractivity contribution in [1.29, 1.82) is 0 Å². The molecule has 0 aliphatic heterocycles. The van der Waals surface area contributed by atoms with E-state index in [1.54, 1.807) is 0 Å². The zero-order valence-corrected chi connectivity index (χ0v) is 6.05. The first-order valence-corrected chi connectivity index (χ1v) is 2.69. The van der Waals surface area contributed by atoms with Crippen molar-refractivity contribution in [1.82, 2.24) is 0 Å². The van der Waals surface area contributed by atoms with Gasteiger partial charge in [-0.3, -0.25) is 0 Å². The minimum absolute atomic E-state index is 0.300. The Morgan fingerprint density at radius 1 is 0.923 bits per heavy atom. The van der Waals surface area contributed by atoms with Crippen molar-refractivity contribution in [2.45, 2.75) is 12.4 Å². The van der Waals surface area contributed by atoms with E-state index in [9.17, 15) is 30.7 Å². The van der Waals surface area contributed by atoms with Gasteiger partial charge in [0.1, 0.15) is 0 Å². The highest BCUT2D eigenvalue weighted by molar-refractivity contribution is 5.11. The maximum absolute atomic E-state index is 12.0. The van der Waals surface area contributed by atoms with E-state index >= 15 is 0 Å². The van der Waals surface area contributed by atoms with E-state index in [0.717, 1.165) is 0 Å². The minimum atomic E-state index is -5.69. The number of methoxy groups -OCH3 is 1. The molecule has 0 atom stereocenters. The van der Waals surface area contributed by atoms with Crippen LogP contribution in [0.2, 0.25) is 0 Å². The third-order valence-corrected chi connectivity index (χ3v) is 0.910. The maximum atomic E-state index is 12.0. The summed E-state index contributed by atoms with van der Waals surface area (Å²) in [7, 11) is 0.300. The van der Waals surface area contributed by atoms with Crippen LogP contribution in [0.1, 0.15) is 0 Å². The Bertz CT molecular complexity index is 210. The van der Waals surface area contributed by atoms with Crippen LogP contribution in [-0.4, -0.2) is 19.5 Å². The lowest BCUT2D eigenvalue weighted by Crippen LogP contribution is -2.21. The molecule has 0 saturated carbocycles. The van der Waals surface area contributed by atoms with Crippen molar-refractivity contribution in [3.63, 3.8) is 0 Å². The van der Waals surface area contributed by atoms with Crippen LogP contribution in [-0.2, 0) is 4.74 Å². The van der Waals surface area contributed by atoms with Gasteiger partial charge in [-0.15, -0.1) is 0 Å². The number of halogens is 7. The largest absolute Gasteiger partial charge is 0.490 e. The molecule has 1 nitrogen and oxygen atoms in total. The van der Waals surface area contributed by atoms with E-state index < -0.39 is 23.9 Å². The molecule has 0 unspecified atom stereocenters. The molecule has 0 bridgehead atoms.